The van der Waals surface area contributed by atoms with E-state index in [0.29, 0.717) is 22.3 Å². The van der Waals surface area contributed by atoms with Gasteiger partial charge in [0, 0.05) is 10.4 Å². The molecule has 3 aromatic rings. The molecule has 0 unspecified atom stereocenters. The number of methoxy groups -OCH3 is 1. The third kappa shape index (κ3) is 3.21. The third-order valence-corrected chi connectivity index (χ3v) is 3.26. The molecule has 0 atom stereocenters. The lowest BCUT2D eigenvalue weighted by Crippen LogP contribution is -1.98. The van der Waals surface area contributed by atoms with Gasteiger partial charge < -0.3 is 10.1 Å². The van der Waals surface area contributed by atoms with Crippen LogP contribution in [0.4, 0.5) is 15.9 Å². The Morgan fingerprint density at radius 2 is 1.95 bits per heavy atom. The molecule has 0 radical (unpaired) electrons. The van der Waals surface area contributed by atoms with Crippen molar-refractivity contribution in [2.75, 3.05) is 12.4 Å². The summed E-state index contributed by atoms with van der Waals surface area (Å²) >= 11 is 5.74. The van der Waals surface area contributed by atoms with Crippen LogP contribution in [0, 0.1) is 5.82 Å². The normalized spacial score (nSPS) is 10.1. The van der Waals surface area contributed by atoms with Gasteiger partial charge in [-0.3, -0.25) is 0 Å². The lowest BCUT2D eigenvalue weighted by atomic mass is 10.2. The Morgan fingerprint density at radius 3 is 2.68 bits per heavy atom. The topological polar surface area (TPSA) is 47.0 Å². The van der Waals surface area contributed by atoms with Crippen LogP contribution in [0.1, 0.15) is 0 Å². The van der Waals surface area contributed by atoms with Crippen LogP contribution in [0.15, 0.2) is 42.7 Å². The van der Waals surface area contributed by atoms with Gasteiger partial charge in [0.2, 0.25) is 0 Å². The molecule has 0 saturated carbocycles. The van der Waals surface area contributed by atoms with Crippen molar-refractivity contribution in [1.82, 2.24) is 9.97 Å². The lowest BCUT2D eigenvalue weighted by Gasteiger charge is -2.10. The standard InChI is InChI=1S/C15H11ClFN3O.ClH/c1-21-10-3-5-13-11(7-10)15(19-8-18-13)20-14-4-2-9(16)6-12(14)17;/h2-8H,1H3,(H,18,19,20);1H. The van der Waals surface area contributed by atoms with E-state index in [0.717, 1.165) is 10.9 Å². The molecule has 1 N–H and O–H groups in total. The van der Waals surface area contributed by atoms with E-state index in [4.69, 9.17) is 16.3 Å². The number of aromatic nitrogens is 2. The van der Waals surface area contributed by atoms with Crippen LogP contribution in [-0.4, -0.2) is 17.1 Å². The molecule has 0 spiro atoms. The molecule has 7 heteroatoms. The highest BCUT2D eigenvalue weighted by Gasteiger charge is 2.08. The fourth-order valence-corrected chi connectivity index (χ4v) is 2.14. The summed E-state index contributed by atoms with van der Waals surface area (Å²) in [7, 11) is 1.58. The van der Waals surface area contributed by atoms with Crippen molar-refractivity contribution in [3.05, 3.63) is 53.6 Å². The SMILES string of the molecule is COc1ccc2ncnc(Nc3ccc(Cl)cc3F)c2c1.Cl. The molecule has 0 bridgehead atoms. The van der Waals surface area contributed by atoms with Crippen LogP contribution in [0.25, 0.3) is 10.9 Å². The first-order chi connectivity index (χ1) is 10.2. The summed E-state index contributed by atoms with van der Waals surface area (Å²) in [6, 6.07) is 9.84. The second-order valence-electron chi connectivity index (χ2n) is 4.35. The lowest BCUT2D eigenvalue weighted by molar-refractivity contribution is 0.415. The van der Waals surface area contributed by atoms with Crippen molar-refractivity contribution < 1.29 is 9.13 Å². The zero-order chi connectivity index (χ0) is 14.8. The molecular weight excluding hydrogens is 328 g/mol. The summed E-state index contributed by atoms with van der Waals surface area (Å²) in [6.07, 6.45) is 1.42. The highest BCUT2D eigenvalue weighted by molar-refractivity contribution is 6.30. The molecule has 0 aliphatic heterocycles. The molecule has 1 heterocycles. The Labute approximate surface area is 137 Å². The van der Waals surface area contributed by atoms with E-state index >= 15 is 0 Å². The van der Waals surface area contributed by atoms with E-state index in [9.17, 15) is 4.39 Å². The monoisotopic (exact) mass is 339 g/mol. The summed E-state index contributed by atoms with van der Waals surface area (Å²) in [5, 5.41) is 4.04. The highest BCUT2D eigenvalue weighted by Crippen LogP contribution is 2.28. The van der Waals surface area contributed by atoms with Crippen molar-refractivity contribution >= 4 is 46.4 Å². The van der Waals surface area contributed by atoms with E-state index in [1.165, 1.54) is 12.4 Å². The summed E-state index contributed by atoms with van der Waals surface area (Å²) in [5.41, 5.74) is 1.03. The van der Waals surface area contributed by atoms with Crippen LogP contribution in [0.2, 0.25) is 5.02 Å². The van der Waals surface area contributed by atoms with Crippen molar-refractivity contribution in [2.45, 2.75) is 0 Å². The van der Waals surface area contributed by atoms with Crippen LogP contribution >= 0.6 is 24.0 Å². The number of ether oxygens (including phenoxy) is 1. The third-order valence-electron chi connectivity index (χ3n) is 3.03. The maximum Gasteiger partial charge on any atom is 0.148 e. The molecule has 2 aromatic carbocycles. The van der Waals surface area contributed by atoms with Crippen molar-refractivity contribution in [3.8, 4) is 5.75 Å². The predicted octanol–water partition coefficient (Wildman–Crippen LogP) is 4.60. The number of rotatable bonds is 3. The maximum atomic E-state index is 13.9. The Hall–Kier alpha value is -2.11. The largest absolute Gasteiger partial charge is 0.497 e. The van der Waals surface area contributed by atoms with Crippen LogP contribution in [0.5, 0.6) is 5.75 Å². The molecular formula is C15H12Cl2FN3O. The number of anilines is 2. The molecule has 3 rings (SSSR count). The first-order valence-corrected chi connectivity index (χ1v) is 6.56. The minimum absolute atomic E-state index is 0. The highest BCUT2D eigenvalue weighted by atomic mass is 35.5. The molecule has 0 amide bonds. The van der Waals surface area contributed by atoms with Gasteiger partial charge in [0.15, 0.2) is 0 Å². The second-order valence-corrected chi connectivity index (χ2v) is 4.79. The van der Waals surface area contributed by atoms with Crippen molar-refractivity contribution in [1.29, 1.82) is 0 Å². The van der Waals surface area contributed by atoms with Gasteiger partial charge >= 0.3 is 0 Å². The Balaban J connectivity index is 0.00000176. The average Bonchev–Trinajstić information content (AvgIpc) is 2.50. The van der Waals surface area contributed by atoms with Gasteiger partial charge in [0.25, 0.3) is 0 Å². The fraction of sp³-hybridized carbons (Fsp3) is 0.0667. The van der Waals surface area contributed by atoms with E-state index in [1.807, 2.05) is 12.1 Å². The number of benzene rings is 2. The van der Waals surface area contributed by atoms with Crippen LogP contribution < -0.4 is 10.1 Å². The average molecular weight is 340 g/mol. The summed E-state index contributed by atoms with van der Waals surface area (Å²) < 4.78 is 19.1. The van der Waals surface area contributed by atoms with E-state index < -0.39 is 5.82 Å². The van der Waals surface area contributed by atoms with Gasteiger partial charge in [-0.1, -0.05) is 11.6 Å². The Bertz CT molecular complexity index is 814. The number of fused-ring (bicyclic) bond motifs is 1. The first-order valence-electron chi connectivity index (χ1n) is 6.18. The first kappa shape index (κ1) is 16.3. The molecule has 0 aliphatic rings. The molecule has 1 aromatic heterocycles. The zero-order valence-electron chi connectivity index (χ0n) is 11.5. The van der Waals surface area contributed by atoms with Gasteiger partial charge in [-0.05, 0) is 36.4 Å². The van der Waals surface area contributed by atoms with Crippen LogP contribution in [-0.2, 0) is 0 Å². The number of hydrogen-bond acceptors (Lipinski definition) is 4. The quantitative estimate of drug-likeness (QED) is 0.757. The molecule has 22 heavy (non-hydrogen) atoms. The number of halogens is 3. The number of hydrogen-bond donors (Lipinski definition) is 1. The second kappa shape index (κ2) is 6.77. The Morgan fingerprint density at radius 1 is 1.14 bits per heavy atom. The van der Waals surface area contributed by atoms with E-state index in [1.54, 1.807) is 25.3 Å². The van der Waals surface area contributed by atoms with Gasteiger partial charge in [-0.15, -0.1) is 12.4 Å². The van der Waals surface area contributed by atoms with Crippen LogP contribution in [0.3, 0.4) is 0 Å². The van der Waals surface area contributed by atoms with Crippen molar-refractivity contribution in [2.24, 2.45) is 0 Å². The number of nitrogens with zero attached hydrogens (tertiary/aromatic N) is 2. The molecule has 4 nitrogen and oxygen atoms in total. The summed E-state index contributed by atoms with van der Waals surface area (Å²) in [6.45, 7) is 0. The van der Waals surface area contributed by atoms with E-state index in [-0.39, 0.29) is 12.4 Å². The van der Waals surface area contributed by atoms with Gasteiger partial charge in [0.05, 0.1) is 18.3 Å². The van der Waals surface area contributed by atoms with Gasteiger partial charge in [-0.25, -0.2) is 14.4 Å². The summed E-state index contributed by atoms with van der Waals surface area (Å²) in [4.78, 5) is 8.34. The van der Waals surface area contributed by atoms with Gasteiger partial charge in [0.1, 0.15) is 23.7 Å². The summed E-state index contributed by atoms with van der Waals surface area (Å²) in [5.74, 6) is 0.731. The minimum Gasteiger partial charge on any atom is -0.497 e. The number of nitrogens with one attached hydrogen (secondary N) is 1. The molecule has 0 saturated heterocycles. The minimum atomic E-state index is -0.447. The molecule has 114 valence electrons. The zero-order valence-corrected chi connectivity index (χ0v) is 13.1. The fourth-order valence-electron chi connectivity index (χ4n) is 1.98. The molecule has 0 fully saturated rings. The maximum absolute atomic E-state index is 13.9. The predicted molar refractivity (Wildman–Crippen MR) is 88.0 cm³/mol. The van der Waals surface area contributed by atoms with Gasteiger partial charge in [-0.2, -0.15) is 0 Å². The van der Waals surface area contributed by atoms with Crippen molar-refractivity contribution in [3.63, 3.8) is 0 Å². The Kier molecular flexibility index (Phi) is 5.00. The molecule has 0 aliphatic carbocycles. The smallest absolute Gasteiger partial charge is 0.148 e. The van der Waals surface area contributed by atoms with E-state index in [2.05, 4.69) is 15.3 Å².